The molecule has 1 heterocycles. The second-order valence-electron chi connectivity index (χ2n) is 5.21. The third kappa shape index (κ3) is 2.76. The fourth-order valence-electron chi connectivity index (χ4n) is 2.32. The second kappa shape index (κ2) is 5.25. The number of amides is 1. The molecule has 104 valence electrons. The molecule has 1 N–H and O–H groups in total. The maximum atomic E-state index is 13.9. The summed E-state index contributed by atoms with van der Waals surface area (Å²) in [6.07, 6.45) is 0.603. The molecule has 1 amide bonds. The minimum absolute atomic E-state index is 0.0288. The van der Waals surface area contributed by atoms with E-state index in [1.165, 1.54) is 11.8 Å². The topological polar surface area (TPSA) is 32.3 Å². The summed E-state index contributed by atoms with van der Waals surface area (Å²) in [5.74, 6) is -1.25. The predicted molar refractivity (Wildman–Crippen MR) is 70.1 cm³/mol. The average Bonchev–Trinajstić information content (AvgIpc) is 2.65. The van der Waals surface area contributed by atoms with Crippen molar-refractivity contribution in [2.45, 2.75) is 39.3 Å². The fourth-order valence-corrected chi connectivity index (χ4v) is 2.32. The van der Waals surface area contributed by atoms with Gasteiger partial charge in [0.1, 0.15) is 11.6 Å². The van der Waals surface area contributed by atoms with Gasteiger partial charge in [0.05, 0.1) is 11.7 Å². The molecule has 1 atom stereocenters. The monoisotopic (exact) mass is 268 g/mol. The highest BCUT2D eigenvalue weighted by Crippen LogP contribution is 2.27. The Morgan fingerprint density at radius 2 is 2.00 bits per heavy atom. The van der Waals surface area contributed by atoms with Gasteiger partial charge in [0.2, 0.25) is 5.91 Å². The van der Waals surface area contributed by atoms with Crippen molar-refractivity contribution in [1.82, 2.24) is 5.32 Å². The molecule has 0 aromatic heterocycles. The highest BCUT2D eigenvalue weighted by Gasteiger charge is 2.34. The molecule has 1 saturated heterocycles. The van der Waals surface area contributed by atoms with Crippen LogP contribution in [0.5, 0.6) is 0 Å². The first-order chi connectivity index (χ1) is 8.90. The molecule has 19 heavy (non-hydrogen) atoms. The molecule has 1 aromatic rings. The summed E-state index contributed by atoms with van der Waals surface area (Å²) >= 11 is 0. The van der Waals surface area contributed by atoms with E-state index in [-0.39, 0.29) is 29.2 Å². The largest absolute Gasteiger partial charge is 0.308 e. The fraction of sp³-hybridized carbons (Fsp3) is 0.500. The van der Waals surface area contributed by atoms with Gasteiger partial charge in [-0.2, -0.15) is 0 Å². The molecule has 0 saturated carbocycles. The molecule has 1 fully saturated rings. The first-order valence-electron chi connectivity index (χ1n) is 6.43. The number of anilines is 1. The van der Waals surface area contributed by atoms with Crippen molar-refractivity contribution in [2.24, 2.45) is 0 Å². The maximum absolute atomic E-state index is 13.9. The van der Waals surface area contributed by atoms with Crippen molar-refractivity contribution < 1.29 is 13.6 Å². The molecular weight excluding hydrogens is 250 g/mol. The molecule has 1 aromatic carbocycles. The van der Waals surface area contributed by atoms with Crippen LogP contribution in [-0.2, 0) is 4.79 Å². The smallest absolute Gasteiger partial charge is 0.244 e. The maximum Gasteiger partial charge on any atom is 0.244 e. The molecule has 0 bridgehead atoms. The van der Waals surface area contributed by atoms with E-state index in [0.717, 1.165) is 12.1 Å². The zero-order valence-electron chi connectivity index (χ0n) is 11.3. The Hall–Kier alpha value is -1.49. The quantitative estimate of drug-likeness (QED) is 0.913. The van der Waals surface area contributed by atoms with E-state index in [2.05, 4.69) is 5.32 Å². The third-order valence-electron chi connectivity index (χ3n) is 3.26. The first-order valence-corrected chi connectivity index (χ1v) is 6.43. The highest BCUT2D eigenvalue weighted by molar-refractivity contribution is 5.99. The van der Waals surface area contributed by atoms with Gasteiger partial charge in [0.15, 0.2) is 0 Å². The Balaban J connectivity index is 2.24. The standard InChI is InChI=1S/C14H18F2N2O/c1-8(2)17-12-4-5-18(14(12)19)13-7-10(15)9(3)6-11(13)16/h6-8,12,17H,4-5H2,1-3H3. The summed E-state index contributed by atoms with van der Waals surface area (Å²) in [6.45, 7) is 5.80. The van der Waals surface area contributed by atoms with Crippen LogP contribution in [0.4, 0.5) is 14.5 Å². The molecule has 0 radical (unpaired) electrons. The normalized spacial score (nSPS) is 19.6. The van der Waals surface area contributed by atoms with E-state index in [9.17, 15) is 13.6 Å². The number of halogens is 2. The number of benzene rings is 1. The van der Waals surface area contributed by atoms with Gasteiger partial charge in [-0.05, 0) is 25.0 Å². The van der Waals surface area contributed by atoms with Crippen molar-refractivity contribution in [2.75, 3.05) is 11.4 Å². The van der Waals surface area contributed by atoms with Crippen LogP contribution in [-0.4, -0.2) is 24.5 Å². The van der Waals surface area contributed by atoms with Gasteiger partial charge in [-0.1, -0.05) is 13.8 Å². The minimum Gasteiger partial charge on any atom is -0.308 e. The molecule has 5 heteroatoms. The summed E-state index contributed by atoms with van der Waals surface area (Å²) in [5.41, 5.74) is 0.269. The van der Waals surface area contributed by atoms with Crippen LogP contribution in [0.3, 0.4) is 0 Å². The number of rotatable bonds is 3. The zero-order chi connectivity index (χ0) is 14.2. The molecule has 1 aliphatic heterocycles. The van der Waals surface area contributed by atoms with Crippen LogP contribution in [0.25, 0.3) is 0 Å². The number of hydrogen-bond acceptors (Lipinski definition) is 2. The number of aryl methyl sites for hydroxylation is 1. The SMILES string of the molecule is Cc1cc(F)c(N2CCC(NC(C)C)C2=O)cc1F. The summed E-state index contributed by atoms with van der Waals surface area (Å²) in [6, 6.07) is 2.08. The summed E-state index contributed by atoms with van der Waals surface area (Å²) < 4.78 is 27.4. The molecular formula is C14H18F2N2O. The van der Waals surface area contributed by atoms with Gasteiger partial charge in [0.25, 0.3) is 0 Å². The van der Waals surface area contributed by atoms with Crippen LogP contribution in [0.1, 0.15) is 25.8 Å². The first kappa shape index (κ1) is 13.9. The van der Waals surface area contributed by atoms with Crippen molar-refractivity contribution in [3.05, 3.63) is 29.3 Å². The van der Waals surface area contributed by atoms with E-state index < -0.39 is 11.6 Å². The molecule has 2 rings (SSSR count). The van der Waals surface area contributed by atoms with Gasteiger partial charge < -0.3 is 10.2 Å². The molecule has 1 aliphatic rings. The number of carbonyl (C=O) groups excluding carboxylic acids is 1. The van der Waals surface area contributed by atoms with E-state index in [1.807, 2.05) is 13.8 Å². The van der Waals surface area contributed by atoms with Crippen molar-refractivity contribution >= 4 is 11.6 Å². The third-order valence-corrected chi connectivity index (χ3v) is 3.26. The molecule has 3 nitrogen and oxygen atoms in total. The van der Waals surface area contributed by atoms with E-state index in [1.54, 1.807) is 0 Å². The van der Waals surface area contributed by atoms with Crippen LogP contribution in [0.15, 0.2) is 12.1 Å². The molecule has 0 aliphatic carbocycles. The summed E-state index contributed by atoms with van der Waals surface area (Å²) in [7, 11) is 0. The summed E-state index contributed by atoms with van der Waals surface area (Å²) in [4.78, 5) is 13.5. The van der Waals surface area contributed by atoms with Gasteiger partial charge in [-0.3, -0.25) is 4.79 Å². The Kier molecular flexibility index (Phi) is 3.85. The predicted octanol–water partition coefficient (Wildman–Crippen LogP) is 2.38. The number of nitrogens with zero attached hydrogens (tertiary/aromatic N) is 1. The van der Waals surface area contributed by atoms with Crippen molar-refractivity contribution in [1.29, 1.82) is 0 Å². The molecule has 1 unspecified atom stereocenters. The van der Waals surface area contributed by atoms with Gasteiger partial charge in [-0.15, -0.1) is 0 Å². The number of hydrogen-bond donors (Lipinski definition) is 1. The summed E-state index contributed by atoms with van der Waals surface area (Å²) in [5, 5.41) is 3.13. The molecule has 0 spiro atoms. The van der Waals surface area contributed by atoms with Gasteiger partial charge in [-0.25, -0.2) is 8.78 Å². The zero-order valence-corrected chi connectivity index (χ0v) is 11.3. The van der Waals surface area contributed by atoms with Gasteiger partial charge in [0, 0.05) is 18.7 Å². The van der Waals surface area contributed by atoms with Crippen LogP contribution in [0, 0.1) is 18.6 Å². The van der Waals surface area contributed by atoms with Crippen LogP contribution < -0.4 is 10.2 Å². The highest BCUT2D eigenvalue weighted by atomic mass is 19.1. The Morgan fingerprint density at radius 3 is 2.63 bits per heavy atom. The Bertz CT molecular complexity index is 502. The Morgan fingerprint density at radius 1 is 1.32 bits per heavy atom. The lowest BCUT2D eigenvalue weighted by molar-refractivity contribution is -0.119. The van der Waals surface area contributed by atoms with E-state index >= 15 is 0 Å². The lowest BCUT2D eigenvalue weighted by Gasteiger charge is -2.19. The number of carbonyl (C=O) groups is 1. The van der Waals surface area contributed by atoms with E-state index in [0.29, 0.717) is 13.0 Å². The van der Waals surface area contributed by atoms with Crippen molar-refractivity contribution in [3.63, 3.8) is 0 Å². The lowest BCUT2D eigenvalue weighted by atomic mass is 10.2. The lowest BCUT2D eigenvalue weighted by Crippen LogP contribution is -2.41. The minimum atomic E-state index is -0.558. The van der Waals surface area contributed by atoms with Crippen LogP contribution >= 0.6 is 0 Å². The van der Waals surface area contributed by atoms with E-state index in [4.69, 9.17) is 0 Å². The van der Waals surface area contributed by atoms with Gasteiger partial charge >= 0.3 is 0 Å². The second-order valence-corrected chi connectivity index (χ2v) is 5.21. The average molecular weight is 268 g/mol. The van der Waals surface area contributed by atoms with Crippen LogP contribution in [0.2, 0.25) is 0 Å². The Labute approximate surface area is 111 Å². The van der Waals surface area contributed by atoms with Crippen molar-refractivity contribution in [3.8, 4) is 0 Å². The number of nitrogens with one attached hydrogen (secondary N) is 1.